The van der Waals surface area contributed by atoms with Gasteiger partial charge in [-0.3, -0.25) is 9.69 Å². The summed E-state index contributed by atoms with van der Waals surface area (Å²) in [4.78, 5) is 14.7. The number of likely N-dealkylation sites (tertiary alicyclic amines) is 1. The fourth-order valence-electron chi connectivity index (χ4n) is 5.27. The summed E-state index contributed by atoms with van der Waals surface area (Å²) in [6.45, 7) is 7.38. The van der Waals surface area contributed by atoms with E-state index in [1.165, 1.54) is 49.2 Å². The number of nitrogens with one attached hydrogen (secondary N) is 2. The highest BCUT2D eigenvalue weighted by molar-refractivity contribution is 5.94. The highest BCUT2D eigenvalue weighted by Crippen LogP contribution is 2.34. The topological polar surface area (TPSA) is 49.3 Å². The lowest BCUT2D eigenvalue weighted by molar-refractivity contribution is -0.137. The Labute approximate surface area is 193 Å². The molecule has 1 aliphatic carbocycles. The smallest absolute Gasteiger partial charge is 0.351 e. The molecule has 2 aromatic rings. The van der Waals surface area contributed by atoms with Crippen LogP contribution in [0.5, 0.6) is 0 Å². The molecular formula is C25H33F3N4O. The van der Waals surface area contributed by atoms with Crippen LogP contribution in [0.1, 0.15) is 59.0 Å². The maximum Gasteiger partial charge on any atom is 0.416 e. The number of halogens is 3. The van der Waals surface area contributed by atoms with Crippen molar-refractivity contribution in [1.29, 1.82) is 0 Å². The Morgan fingerprint density at radius 1 is 0.970 bits per heavy atom. The van der Waals surface area contributed by atoms with Crippen LogP contribution in [0.15, 0.2) is 36.4 Å². The molecule has 2 fully saturated rings. The standard InChI is InChI=1S/C25H33F3N4O/c1-17-6-7-18(2)32(17)23-10-8-22(9-11-23)31-15-21(16-31)29-12-13-30-24(33)19-4-3-5-20(14-19)25(26,27)28/h3-7,14,21-23,29H,8-13,15-16H2,1-2H3,(H,30,33). The van der Waals surface area contributed by atoms with Gasteiger partial charge in [-0.1, -0.05) is 6.07 Å². The molecule has 1 aromatic heterocycles. The van der Waals surface area contributed by atoms with Gasteiger partial charge in [-0.15, -0.1) is 0 Å². The number of benzene rings is 1. The van der Waals surface area contributed by atoms with Crippen LogP contribution in [-0.2, 0) is 6.18 Å². The molecule has 180 valence electrons. The molecule has 0 unspecified atom stereocenters. The van der Waals surface area contributed by atoms with E-state index in [-0.39, 0.29) is 5.56 Å². The number of alkyl halides is 3. The lowest BCUT2D eigenvalue weighted by Gasteiger charge is -2.47. The summed E-state index contributed by atoms with van der Waals surface area (Å²) >= 11 is 0. The first kappa shape index (κ1) is 23.8. The third-order valence-corrected chi connectivity index (χ3v) is 7.08. The molecule has 5 nitrogen and oxygen atoms in total. The third kappa shape index (κ3) is 5.61. The van der Waals surface area contributed by atoms with Gasteiger partial charge in [0.25, 0.3) is 5.91 Å². The van der Waals surface area contributed by atoms with Gasteiger partial charge in [-0.05, 0) is 69.9 Å². The van der Waals surface area contributed by atoms with Crippen molar-refractivity contribution >= 4 is 5.91 Å². The molecule has 1 saturated heterocycles. The van der Waals surface area contributed by atoms with E-state index in [1.807, 2.05) is 0 Å². The SMILES string of the molecule is Cc1ccc(C)n1C1CCC(N2CC(NCCNC(=O)c3cccc(C(F)(F)F)c3)C2)CC1. The van der Waals surface area contributed by atoms with Gasteiger partial charge in [0.1, 0.15) is 0 Å². The zero-order valence-corrected chi connectivity index (χ0v) is 19.3. The molecule has 4 rings (SSSR count). The zero-order valence-electron chi connectivity index (χ0n) is 19.3. The number of carbonyl (C=O) groups excluding carboxylic acids is 1. The number of hydrogen-bond acceptors (Lipinski definition) is 3. The lowest BCUT2D eigenvalue weighted by atomic mass is 9.87. The Kier molecular flexibility index (Phi) is 7.14. The van der Waals surface area contributed by atoms with Crippen LogP contribution in [0.25, 0.3) is 0 Å². The van der Waals surface area contributed by atoms with E-state index in [2.05, 4.69) is 46.1 Å². The molecule has 33 heavy (non-hydrogen) atoms. The van der Waals surface area contributed by atoms with Crippen LogP contribution >= 0.6 is 0 Å². The maximum atomic E-state index is 12.8. The summed E-state index contributed by atoms with van der Waals surface area (Å²) in [6.07, 6.45) is 0.435. The number of amides is 1. The van der Waals surface area contributed by atoms with E-state index in [4.69, 9.17) is 0 Å². The normalized spacial score (nSPS) is 22.2. The van der Waals surface area contributed by atoms with Crippen LogP contribution in [0, 0.1) is 13.8 Å². The molecule has 0 radical (unpaired) electrons. The van der Waals surface area contributed by atoms with Crippen molar-refractivity contribution in [2.24, 2.45) is 0 Å². The minimum atomic E-state index is -4.45. The number of carbonyl (C=O) groups is 1. The minimum absolute atomic E-state index is 0.0283. The molecule has 1 amide bonds. The average molecular weight is 463 g/mol. The summed E-state index contributed by atoms with van der Waals surface area (Å²) in [5.41, 5.74) is 1.92. The van der Waals surface area contributed by atoms with E-state index in [0.717, 1.165) is 25.2 Å². The molecule has 0 atom stereocenters. The fourth-order valence-corrected chi connectivity index (χ4v) is 5.27. The Hall–Kier alpha value is -2.32. The Bertz CT molecular complexity index is 937. The number of hydrogen-bond donors (Lipinski definition) is 2. The van der Waals surface area contributed by atoms with Gasteiger partial charge in [0.05, 0.1) is 5.56 Å². The summed E-state index contributed by atoms with van der Waals surface area (Å²) in [5, 5.41) is 6.13. The first-order valence-corrected chi connectivity index (χ1v) is 11.8. The van der Waals surface area contributed by atoms with Gasteiger partial charge in [-0.25, -0.2) is 0 Å². The highest BCUT2D eigenvalue weighted by atomic mass is 19.4. The van der Waals surface area contributed by atoms with Gasteiger partial charge >= 0.3 is 6.18 Å². The second-order valence-electron chi connectivity index (χ2n) is 9.39. The largest absolute Gasteiger partial charge is 0.416 e. The molecule has 2 aliphatic rings. The molecule has 0 bridgehead atoms. The molecular weight excluding hydrogens is 429 g/mol. The quantitative estimate of drug-likeness (QED) is 0.603. The number of rotatable bonds is 7. The van der Waals surface area contributed by atoms with E-state index >= 15 is 0 Å². The van der Waals surface area contributed by atoms with E-state index in [0.29, 0.717) is 31.2 Å². The predicted octanol–water partition coefficient (Wildman–Crippen LogP) is 4.31. The van der Waals surface area contributed by atoms with Crippen LogP contribution in [0.3, 0.4) is 0 Å². The monoisotopic (exact) mass is 462 g/mol. The van der Waals surface area contributed by atoms with Gasteiger partial charge < -0.3 is 15.2 Å². The van der Waals surface area contributed by atoms with Crippen molar-refractivity contribution in [2.75, 3.05) is 26.2 Å². The second-order valence-corrected chi connectivity index (χ2v) is 9.39. The van der Waals surface area contributed by atoms with Crippen molar-refractivity contribution in [1.82, 2.24) is 20.1 Å². The predicted molar refractivity (Wildman–Crippen MR) is 122 cm³/mol. The molecule has 8 heteroatoms. The fraction of sp³-hybridized carbons (Fsp3) is 0.560. The molecule has 1 saturated carbocycles. The molecule has 1 aromatic carbocycles. The maximum absolute atomic E-state index is 12.8. The van der Waals surface area contributed by atoms with E-state index < -0.39 is 17.6 Å². The molecule has 0 spiro atoms. The Morgan fingerprint density at radius 2 is 1.61 bits per heavy atom. The minimum Gasteiger partial charge on any atom is -0.351 e. The number of aromatic nitrogens is 1. The zero-order chi connectivity index (χ0) is 23.6. The molecule has 1 aliphatic heterocycles. The summed E-state index contributed by atoms with van der Waals surface area (Å²) < 4.78 is 40.9. The van der Waals surface area contributed by atoms with Crippen molar-refractivity contribution in [3.63, 3.8) is 0 Å². The van der Waals surface area contributed by atoms with Gasteiger partial charge in [0.15, 0.2) is 0 Å². The summed E-state index contributed by atoms with van der Waals surface area (Å²) in [5.74, 6) is -0.483. The van der Waals surface area contributed by atoms with Crippen molar-refractivity contribution in [2.45, 2.75) is 63.8 Å². The van der Waals surface area contributed by atoms with Gasteiger partial charge in [0, 0.05) is 61.3 Å². The van der Waals surface area contributed by atoms with Crippen LogP contribution in [0.2, 0.25) is 0 Å². The van der Waals surface area contributed by atoms with Crippen LogP contribution in [-0.4, -0.2) is 53.6 Å². The van der Waals surface area contributed by atoms with Crippen LogP contribution in [0.4, 0.5) is 13.2 Å². The van der Waals surface area contributed by atoms with Gasteiger partial charge in [0.2, 0.25) is 0 Å². The molecule has 2 heterocycles. The van der Waals surface area contributed by atoms with E-state index in [9.17, 15) is 18.0 Å². The second kappa shape index (κ2) is 9.89. The van der Waals surface area contributed by atoms with Crippen molar-refractivity contribution in [3.8, 4) is 0 Å². The number of nitrogens with zero attached hydrogens (tertiary/aromatic N) is 2. The van der Waals surface area contributed by atoms with Crippen molar-refractivity contribution in [3.05, 3.63) is 58.9 Å². The first-order valence-electron chi connectivity index (χ1n) is 11.8. The van der Waals surface area contributed by atoms with Crippen molar-refractivity contribution < 1.29 is 18.0 Å². The van der Waals surface area contributed by atoms with E-state index in [1.54, 1.807) is 0 Å². The molecule has 2 N–H and O–H groups in total. The Morgan fingerprint density at radius 3 is 2.24 bits per heavy atom. The number of aryl methyl sites for hydroxylation is 2. The highest BCUT2D eigenvalue weighted by Gasteiger charge is 2.35. The lowest BCUT2D eigenvalue weighted by Crippen LogP contribution is -2.62. The van der Waals surface area contributed by atoms with Gasteiger partial charge in [-0.2, -0.15) is 13.2 Å². The third-order valence-electron chi connectivity index (χ3n) is 7.08. The average Bonchev–Trinajstić information content (AvgIpc) is 3.10. The summed E-state index contributed by atoms with van der Waals surface area (Å²) in [7, 11) is 0. The summed E-state index contributed by atoms with van der Waals surface area (Å²) in [6, 6.07) is 10.6. The first-order chi connectivity index (χ1) is 15.7. The Balaban J connectivity index is 1.13. The van der Waals surface area contributed by atoms with Crippen LogP contribution < -0.4 is 10.6 Å².